The van der Waals surface area contributed by atoms with Crippen molar-refractivity contribution in [1.82, 2.24) is 0 Å². The molecule has 0 atom stereocenters. The molecule has 0 bridgehead atoms. The summed E-state index contributed by atoms with van der Waals surface area (Å²) in [4.78, 5) is -2.70. The van der Waals surface area contributed by atoms with Gasteiger partial charge in [0.2, 0.25) is 0 Å². The summed E-state index contributed by atoms with van der Waals surface area (Å²) in [5.41, 5.74) is 0. The SMILES string of the molecule is O=S(=O)(O)c1ccc2c(S(=O)(=O)O)c(S(=O)(=O)O)ccc2c1.[H-].[Li+]. The zero-order chi connectivity index (χ0) is 16.9. The number of benzene rings is 2. The summed E-state index contributed by atoms with van der Waals surface area (Å²) >= 11 is 0. The van der Waals surface area contributed by atoms with Crippen molar-refractivity contribution in [3.05, 3.63) is 30.3 Å². The zero-order valence-corrected chi connectivity index (χ0v) is 13.9. The Balaban J connectivity index is 0.00000264. The summed E-state index contributed by atoms with van der Waals surface area (Å²) in [5, 5.41) is -0.430. The second-order valence-corrected chi connectivity index (χ2v) is 8.37. The van der Waals surface area contributed by atoms with E-state index >= 15 is 0 Å². The average molecular weight is 376 g/mol. The van der Waals surface area contributed by atoms with E-state index in [1.807, 2.05) is 0 Å². The van der Waals surface area contributed by atoms with Crippen LogP contribution in [0.4, 0.5) is 0 Å². The number of fused-ring (bicyclic) bond motifs is 1. The van der Waals surface area contributed by atoms with Crippen LogP contribution >= 0.6 is 0 Å². The summed E-state index contributed by atoms with van der Waals surface area (Å²) in [6.07, 6.45) is 0. The maximum atomic E-state index is 11.4. The van der Waals surface area contributed by atoms with Crippen LogP contribution in [0.25, 0.3) is 10.8 Å². The quantitative estimate of drug-likeness (QED) is 0.395. The third-order valence-corrected chi connectivity index (χ3v) is 5.57. The van der Waals surface area contributed by atoms with Crippen LogP contribution in [0.15, 0.2) is 45.0 Å². The molecule has 3 N–H and O–H groups in total. The van der Waals surface area contributed by atoms with Gasteiger partial charge in [-0.15, -0.1) is 0 Å². The standard InChI is InChI=1S/C10H8O9S3.Li.H/c11-20(12,13)7-2-3-8-6(5-7)1-4-9(21(14,15)16)10(8)22(17,18)19;;/h1-5H,(H,11,12,13)(H,14,15,16)(H,17,18,19);;/q;+1;-1. The molecule has 2 aromatic carbocycles. The van der Waals surface area contributed by atoms with Gasteiger partial charge in [0, 0.05) is 5.39 Å². The van der Waals surface area contributed by atoms with Gasteiger partial charge in [-0.2, -0.15) is 25.3 Å². The molecule has 0 amide bonds. The van der Waals surface area contributed by atoms with Gasteiger partial charge in [-0.05, 0) is 23.6 Å². The van der Waals surface area contributed by atoms with Gasteiger partial charge >= 0.3 is 18.9 Å². The second kappa shape index (κ2) is 6.15. The second-order valence-electron chi connectivity index (χ2n) is 4.20. The number of hydrogen-bond donors (Lipinski definition) is 3. The molecule has 0 aromatic heterocycles. The molecule has 0 heterocycles. The fourth-order valence-corrected chi connectivity index (χ4v) is 4.41. The van der Waals surface area contributed by atoms with Crippen LogP contribution < -0.4 is 18.9 Å². The third kappa shape index (κ3) is 4.11. The maximum absolute atomic E-state index is 11.4. The predicted molar refractivity (Wildman–Crippen MR) is 74.5 cm³/mol. The summed E-state index contributed by atoms with van der Waals surface area (Å²) in [6.45, 7) is 0. The van der Waals surface area contributed by atoms with Gasteiger partial charge in [0.15, 0.2) is 0 Å². The number of rotatable bonds is 3. The molecule has 0 aliphatic carbocycles. The maximum Gasteiger partial charge on any atom is 1.00 e. The molecule has 2 aromatic rings. The van der Waals surface area contributed by atoms with E-state index in [0.717, 1.165) is 24.3 Å². The van der Waals surface area contributed by atoms with Gasteiger partial charge in [-0.25, -0.2) is 0 Å². The van der Waals surface area contributed by atoms with Gasteiger partial charge in [0.05, 0.1) is 4.90 Å². The van der Waals surface area contributed by atoms with E-state index in [9.17, 15) is 29.8 Å². The van der Waals surface area contributed by atoms with E-state index in [1.165, 1.54) is 0 Å². The first-order valence-corrected chi connectivity index (χ1v) is 9.63. The molecule has 0 aliphatic heterocycles. The Labute approximate surface area is 145 Å². The molecule has 0 unspecified atom stereocenters. The van der Waals surface area contributed by atoms with E-state index in [-0.39, 0.29) is 31.1 Å². The summed E-state index contributed by atoms with van der Waals surface area (Å²) in [7, 11) is -14.6. The van der Waals surface area contributed by atoms with E-state index in [4.69, 9.17) is 9.11 Å². The molecule has 0 saturated carbocycles. The van der Waals surface area contributed by atoms with Gasteiger partial charge in [0.25, 0.3) is 30.4 Å². The molecular weight excluding hydrogens is 367 g/mol. The van der Waals surface area contributed by atoms with Crippen molar-refractivity contribution in [2.75, 3.05) is 0 Å². The van der Waals surface area contributed by atoms with Crippen LogP contribution in [0.2, 0.25) is 0 Å². The van der Waals surface area contributed by atoms with Crippen LogP contribution in [0.5, 0.6) is 0 Å². The predicted octanol–water partition coefficient (Wildman–Crippen LogP) is -2.30. The molecule has 0 saturated heterocycles. The van der Waals surface area contributed by atoms with Crippen molar-refractivity contribution in [3.63, 3.8) is 0 Å². The van der Waals surface area contributed by atoms with Crippen LogP contribution in [0.3, 0.4) is 0 Å². The molecule has 0 aliphatic rings. The fourth-order valence-electron chi connectivity index (χ4n) is 1.89. The largest absolute Gasteiger partial charge is 1.00 e. The zero-order valence-electron chi connectivity index (χ0n) is 12.4. The first-order chi connectivity index (χ1) is 9.82. The molecule has 122 valence electrons. The topological polar surface area (TPSA) is 163 Å². The van der Waals surface area contributed by atoms with Gasteiger partial charge in [-0.3, -0.25) is 13.7 Å². The van der Waals surface area contributed by atoms with Crippen LogP contribution in [-0.2, 0) is 30.4 Å². The van der Waals surface area contributed by atoms with Gasteiger partial charge < -0.3 is 1.43 Å². The first-order valence-electron chi connectivity index (χ1n) is 5.31. The molecule has 0 spiro atoms. The Hall–Kier alpha value is -0.973. The smallest absolute Gasteiger partial charge is 1.00 e. The van der Waals surface area contributed by atoms with E-state index in [2.05, 4.69) is 0 Å². The van der Waals surface area contributed by atoms with E-state index in [1.54, 1.807) is 0 Å². The van der Waals surface area contributed by atoms with Gasteiger partial charge in [0.1, 0.15) is 9.79 Å². The molecule has 2 rings (SSSR count). The van der Waals surface area contributed by atoms with Crippen molar-refractivity contribution < 1.29 is 59.2 Å². The number of hydrogen-bond acceptors (Lipinski definition) is 6. The Bertz CT molecular complexity index is 1090. The Morgan fingerprint density at radius 1 is 0.739 bits per heavy atom. The van der Waals surface area contributed by atoms with Crippen LogP contribution in [-0.4, -0.2) is 38.9 Å². The molecule has 0 radical (unpaired) electrons. The monoisotopic (exact) mass is 376 g/mol. The molecule has 13 heteroatoms. The Morgan fingerprint density at radius 3 is 1.74 bits per heavy atom. The minimum absolute atomic E-state index is 0. The Morgan fingerprint density at radius 2 is 1.30 bits per heavy atom. The van der Waals surface area contributed by atoms with Crippen molar-refractivity contribution in [2.24, 2.45) is 0 Å². The first kappa shape index (κ1) is 20.1. The minimum atomic E-state index is -5.04. The third-order valence-electron chi connectivity index (χ3n) is 2.74. The molecule has 0 fully saturated rings. The fraction of sp³-hybridized carbons (Fsp3) is 0. The summed E-state index contributed by atoms with van der Waals surface area (Å²) in [5.74, 6) is 0. The Kier molecular flexibility index (Phi) is 5.37. The summed E-state index contributed by atoms with van der Waals surface area (Å²) < 4.78 is 94.5. The van der Waals surface area contributed by atoms with Crippen molar-refractivity contribution in [3.8, 4) is 0 Å². The van der Waals surface area contributed by atoms with Crippen molar-refractivity contribution in [2.45, 2.75) is 14.7 Å². The minimum Gasteiger partial charge on any atom is -1.00 e. The van der Waals surface area contributed by atoms with E-state index in [0.29, 0.717) is 6.07 Å². The molecule has 23 heavy (non-hydrogen) atoms. The average Bonchev–Trinajstić information content (AvgIpc) is 2.33. The van der Waals surface area contributed by atoms with Gasteiger partial charge in [-0.1, -0.05) is 12.1 Å². The molecule has 9 nitrogen and oxygen atoms in total. The van der Waals surface area contributed by atoms with E-state index < -0.39 is 45.0 Å². The van der Waals surface area contributed by atoms with Crippen LogP contribution in [0.1, 0.15) is 1.43 Å². The summed E-state index contributed by atoms with van der Waals surface area (Å²) in [6, 6.07) is 4.29. The van der Waals surface area contributed by atoms with Crippen molar-refractivity contribution in [1.29, 1.82) is 0 Å². The normalized spacial score (nSPS) is 12.8. The molecular formula is C10H9LiO9S3. The van der Waals surface area contributed by atoms with Crippen LogP contribution in [0, 0.1) is 0 Å². The van der Waals surface area contributed by atoms with Crippen molar-refractivity contribution >= 4 is 41.1 Å².